The van der Waals surface area contributed by atoms with Gasteiger partial charge in [-0.1, -0.05) is 0 Å². The second kappa shape index (κ2) is 11.1. The average Bonchev–Trinajstić information content (AvgIpc) is 2.54. The fourth-order valence-corrected chi connectivity index (χ4v) is 3.08. The number of amides is 2. The summed E-state index contributed by atoms with van der Waals surface area (Å²) in [4.78, 5) is 30.7. The maximum absolute atomic E-state index is 12.4. The van der Waals surface area contributed by atoms with Gasteiger partial charge in [0.05, 0.1) is 6.54 Å². The third kappa shape index (κ3) is 6.39. The first-order valence-electron chi connectivity index (χ1n) is 8.46. The average molecular weight is 383 g/mol. The van der Waals surface area contributed by atoms with Crippen LogP contribution in [0.15, 0.2) is 0 Å². The number of carbonyl (C=O) groups excluding carboxylic acids is 2. The van der Waals surface area contributed by atoms with Gasteiger partial charge in [-0.15, -0.1) is 24.8 Å². The fourth-order valence-electron chi connectivity index (χ4n) is 3.08. The molecule has 1 N–H and O–H groups in total. The molecule has 0 bridgehead atoms. The van der Waals surface area contributed by atoms with Crippen LogP contribution in [-0.4, -0.2) is 85.4 Å². The van der Waals surface area contributed by atoms with E-state index in [-0.39, 0.29) is 48.6 Å². The first-order chi connectivity index (χ1) is 10.5. The van der Waals surface area contributed by atoms with Crippen LogP contribution >= 0.6 is 24.8 Å². The lowest BCUT2D eigenvalue weighted by atomic mass is 9.95. The van der Waals surface area contributed by atoms with Crippen molar-refractivity contribution >= 4 is 36.6 Å². The SMILES string of the molecule is CC(C)N(C)C(=O)C1CCN(C(=O)CN2CCNCC2)CC1.Cl.Cl. The van der Waals surface area contributed by atoms with Crippen molar-refractivity contribution in [2.45, 2.75) is 32.7 Å². The molecule has 2 saturated heterocycles. The van der Waals surface area contributed by atoms with Crippen LogP contribution in [0.5, 0.6) is 0 Å². The third-order valence-corrected chi connectivity index (χ3v) is 4.89. The van der Waals surface area contributed by atoms with Gasteiger partial charge in [0.15, 0.2) is 0 Å². The minimum absolute atomic E-state index is 0. The smallest absolute Gasteiger partial charge is 0.236 e. The van der Waals surface area contributed by atoms with Crippen LogP contribution in [-0.2, 0) is 9.59 Å². The van der Waals surface area contributed by atoms with Gasteiger partial charge in [0.2, 0.25) is 11.8 Å². The second-order valence-electron chi connectivity index (χ2n) is 6.72. The Bertz CT molecular complexity index is 396. The van der Waals surface area contributed by atoms with E-state index in [0.717, 1.165) is 39.0 Å². The van der Waals surface area contributed by atoms with Gasteiger partial charge in [-0.25, -0.2) is 0 Å². The van der Waals surface area contributed by atoms with Crippen LogP contribution in [0.2, 0.25) is 0 Å². The summed E-state index contributed by atoms with van der Waals surface area (Å²) in [5.41, 5.74) is 0. The highest BCUT2D eigenvalue weighted by atomic mass is 35.5. The van der Waals surface area contributed by atoms with Crippen LogP contribution in [0.3, 0.4) is 0 Å². The summed E-state index contributed by atoms with van der Waals surface area (Å²) in [5.74, 6) is 0.518. The lowest BCUT2D eigenvalue weighted by Gasteiger charge is -2.35. The Morgan fingerprint density at radius 1 is 1.08 bits per heavy atom. The lowest BCUT2D eigenvalue weighted by Crippen LogP contribution is -2.50. The summed E-state index contributed by atoms with van der Waals surface area (Å²) >= 11 is 0. The molecule has 8 heteroatoms. The zero-order chi connectivity index (χ0) is 16.1. The number of rotatable bonds is 4. The van der Waals surface area contributed by atoms with Gasteiger partial charge in [-0.05, 0) is 26.7 Å². The van der Waals surface area contributed by atoms with Crippen LogP contribution < -0.4 is 5.32 Å². The lowest BCUT2D eigenvalue weighted by molar-refractivity contribution is -0.141. The number of hydrogen-bond acceptors (Lipinski definition) is 4. The summed E-state index contributed by atoms with van der Waals surface area (Å²) in [5, 5.41) is 3.30. The number of likely N-dealkylation sites (tertiary alicyclic amines) is 1. The van der Waals surface area contributed by atoms with E-state index >= 15 is 0 Å². The van der Waals surface area contributed by atoms with E-state index in [0.29, 0.717) is 19.6 Å². The molecular formula is C16H32Cl2N4O2. The summed E-state index contributed by atoms with van der Waals surface area (Å²) in [7, 11) is 1.87. The van der Waals surface area contributed by atoms with Crippen molar-refractivity contribution in [3.05, 3.63) is 0 Å². The van der Waals surface area contributed by atoms with Gasteiger partial charge in [-0.3, -0.25) is 14.5 Å². The molecule has 0 aromatic carbocycles. The Hall–Kier alpha value is -0.560. The van der Waals surface area contributed by atoms with Crippen molar-refractivity contribution in [1.29, 1.82) is 0 Å². The highest BCUT2D eigenvalue weighted by molar-refractivity contribution is 5.85. The Labute approximate surface area is 158 Å². The van der Waals surface area contributed by atoms with Crippen molar-refractivity contribution in [3.8, 4) is 0 Å². The van der Waals surface area contributed by atoms with Crippen LogP contribution in [0.4, 0.5) is 0 Å². The molecule has 0 aliphatic carbocycles. The van der Waals surface area contributed by atoms with Crippen LogP contribution in [0, 0.1) is 5.92 Å². The van der Waals surface area contributed by atoms with E-state index in [4.69, 9.17) is 0 Å². The van der Waals surface area contributed by atoms with E-state index in [9.17, 15) is 9.59 Å². The number of nitrogens with one attached hydrogen (secondary N) is 1. The highest BCUT2D eigenvalue weighted by Crippen LogP contribution is 2.20. The molecule has 0 unspecified atom stereocenters. The molecule has 0 aromatic heterocycles. The Morgan fingerprint density at radius 3 is 2.12 bits per heavy atom. The predicted molar refractivity (Wildman–Crippen MR) is 101 cm³/mol. The summed E-state index contributed by atoms with van der Waals surface area (Å²) in [6, 6.07) is 0.236. The van der Waals surface area contributed by atoms with Crippen molar-refractivity contribution < 1.29 is 9.59 Å². The van der Waals surface area contributed by atoms with Gasteiger partial charge in [0.1, 0.15) is 0 Å². The fraction of sp³-hybridized carbons (Fsp3) is 0.875. The zero-order valence-electron chi connectivity index (χ0n) is 15.0. The van der Waals surface area contributed by atoms with Crippen molar-refractivity contribution in [2.75, 3.05) is 52.9 Å². The van der Waals surface area contributed by atoms with Gasteiger partial charge < -0.3 is 15.1 Å². The maximum atomic E-state index is 12.4. The largest absolute Gasteiger partial charge is 0.343 e. The molecule has 2 aliphatic heterocycles. The van der Waals surface area contributed by atoms with Gasteiger partial charge >= 0.3 is 0 Å². The molecular weight excluding hydrogens is 351 g/mol. The summed E-state index contributed by atoms with van der Waals surface area (Å²) in [6.45, 7) is 9.83. The van der Waals surface area contributed by atoms with E-state index in [1.807, 2.05) is 30.7 Å². The molecule has 2 rings (SSSR count). The van der Waals surface area contributed by atoms with E-state index in [2.05, 4.69) is 10.2 Å². The second-order valence-corrected chi connectivity index (χ2v) is 6.72. The maximum Gasteiger partial charge on any atom is 0.236 e. The molecule has 2 amide bonds. The topological polar surface area (TPSA) is 55.9 Å². The molecule has 0 radical (unpaired) electrons. The molecule has 0 aromatic rings. The van der Waals surface area contributed by atoms with Crippen molar-refractivity contribution in [2.24, 2.45) is 5.92 Å². The molecule has 2 aliphatic rings. The van der Waals surface area contributed by atoms with E-state index in [1.165, 1.54) is 0 Å². The molecule has 24 heavy (non-hydrogen) atoms. The summed E-state index contributed by atoms with van der Waals surface area (Å²) in [6.07, 6.45) is 1.59. The molecule has 142 valence electrons. The first kappa shape index (κ1) is 23.4. The first-order valence-corrected chi connectivity index (χ1v) is 8.46. The standard InChI is InChI=1S/C16H30N4O2.2ClH/c1-13(2)18(3)16(22)14-4-8-20(9-5-14)15(21)12-19-10-6-17-7-11-19;;/h13-14,17H,4-12H2,1-3H3;2*1H. The highest BCUT2D eigenvalue weighted by Gasteiger charge is 2.30. The van der Waals surface area contributed by atoms with Gasteiger partial charge in [0, 0.05) is 58.3 Å². The van der Waals surface area contributed by atoms with Gasteiger partial charge in [-0.2, -0.15) is 0 Å². The third-order valence-electron chi connectivity index (χ3n) is 4.89. The van der Waals surface area contributed by atoms with E-state index < -0.39 is 0 Å². The molecule has 2 heterocycles. The number of hydrogen-bond donors (Lipinski definition) is 1. The van der Waals surface area contributed by atoms with Crippen molar-refractivity contribution in [3.63, 3.8) is 0 Å². The Morgan fingerprint density at radius 2 is 1.62 bits per heavy atom. The number of piperazine rings is 1. The molecule has 2 fully saturated rings. The number of halogens is 2. The van der Waals surface area contributed by atoms with Crippen LogP contribution in [0.1, 0.15) is 26.7 Å². The Balaban J connectivity index is 0.00000264. The summed E-state index contributed by atoms with van der Waals surface area (Å²) < 4.78 is 0. The minimum atomic E-state index is 0. The normalized spacial score (nSPS) is 19.4. The minimum Gasteiger partial charge on any atom is -0.343 e. The molecule has 0 spiro atoms. The van der Waals surface area contributed by atoms with E-state index in [1.54, 1.807) is 0 Å². The van der Waals surface area contributed by atoms with Crippen LogP contribution in [0.25, 0.3) is 0 Å². The predicted octanol–water partition coefficient (Wildman–Crippen LogP) is 0.841. The molecule has 0 saturated carbocycles. The number of carbonyl (C=O) groups is 2. The van der Waals surface area contributed by atoms with Gasteiger partial charge in [0.25, 0.3) is 0 Å². The Kier molecular flexibility index (Phi) is 10.9. The quantitative estimate of drug-likeness (QED) is 0.782. The zero-order valence-corrected chi connectivity index (χ0v) is 16.6. The molecule has 6 nitrogen and oxygen atoms in total. The monoisotopic (exact) mass is 382 g/mol. The van der Waals surface area contributed by atoms with Crippen molar-refractivity contribution in [1.82, 2.24) is 20.0 Å². The number of nitrogens with zero attached hydrogens (tertiary/aromatic N) is 3. The molecule has 0 atom stereocenters. The number of piperidine rings is 1.